The quantitative estimate of drug-likeness (QED) is 0.879. The lowest BCUT2D eigenvalue weighted by molar-refractivity contribution is 0.250. The van der Waals surface area contributed by atoms with Crippen LogP contribution in [0.3, 0.4) is 0 Å². The molecule has 2 heteroatoms. The molecule has 1 saturated carbocycles. The summed E-state index contributed by atoms with van der Waals surface area (Å²) < 4.78 is 0. The second-order valence-corrected chi connectivity index (χ2v) is 7.02. The van der Waals surface area contributed by atoms with E-state index in [9.17, 15) is 0 Å². The molecule has 1 aromatic rings. The fourth-order valence-electron chi connectivity index (χ4n) is 3.98. The minimum atomic E-state index is 0.331. The maximum absolute atomic E-state index is 3.94. The van der Waals surface area contributed by atoms with E-state index in [1.54, 1.807) is 0 Å². The third-order valence-corrected chi connectivity index (χ3v) is 5.51. The van der Waals surface area contributed by atoms with Gasteiger partial charge in [0.2, 0.25) is 0 Å². The van der Waals surface area contributed by atoms with E-state index in [1.807, 2.05) is 0 Å². The van der Waals surface area contributed by atoms with Gasteiger partial charge in [-0.1, -0.05) is 43.2 Å². The van der Waals surface area contributed by atoms with Gasteiger partial charge in [-0.15, -0.1) is 0 Å². The number of rotatable bonds is 4. The van der Waals surface area contributed by atoms with E-state index in [2.05, 4.69) is 47.9 Å². The summed E-state index contributed by atoms with van der Waals surface area (Å²) in [6.07, 6.45) is 7.97. The lowest BCUT2D eigenvalue weighted by atomic mass is 9.72. The Morgan fingerprint density at radius 3 is 2.30 bits per heavy atom. The Hall–Kier alpha value is -0.860. The summed E-state index contributed by atoms with van der Waals surface area (Å²) in [6, 6.07) is 11.2. The highest BCUT2D eigenvalue weighted by molar-refractivity contribution is 5.27. The molecule has 0 aromatic heterocycles. The zero-order chi connectivity index (χ0) is 13.9. The fourth-order valence-corrected chi connectivity index (χ4v) is 3.98. The van der Waals surface area contributed by atoms with Gasteiger partial charge in [0.15, 0.2) is 0 Å². The molecule has 1 aliphatic carbocycles. The van der Waals surface area contributed by atoms with Gasteiger partial charge in [0.1, 0.15) is 0 Å². The smallest absolute Gasteiger partial charge is 0.0153 e. The van der Waals surface area contributed by atoms with Crippen LogP contribution in [0.15, 0.2) is 30.3 Å². The summed E-state index contributed by atoms with van der Waals surface area (Å²) in [6.45, 7) is 5.84. The van der Waals surface area contributed by atoms with Gasteiger partial charge in [0.05, 0.1) is 0 Å². The van der Waals surface area contributed by atoms with Crippen LogP contribution in [0.5, 0.6) is 0 Å². The highest BCUT2D eigenvalue weighted by atomic mass is 15.0. The van der Waals surface area contributed by atoms with Gasteiger partial charge >= 0.3 is 0 Å². The molecule has 1 aromatic carbocycles. The van der Waals surface area contributed by atoms with Crippen LogP contribution >= 0.6 is 0 Å². The van der Waals surface area contributed by atoms with Crippen molar-refractivity contribution >= 4 is 0 Å². The van der Waals surface area contributed by atoms with E-state index >= 15 is 0 Å². The molecular weight excluding hydrogens is 244 g/mol. The van der Waals surface area contributed by atoms with Gasteiger partial charge in [0, 0.05) is 17.5 Å². The van der Waals surface area contributed by atoms with Crippen molar-refractivity contribution in [2.45, 2.75) is 56.4 Å². The van der Waals surface area contributed by atoms with Crippen molar-refractivity contribution in [1.29, 1.82) is 0 Å². The lowest BCUT2D eigenvalue weighted by Gasteiger charge is -2.41. The molecule has 1 aliphatic heterocycles. The summed E-state index contributed by atoms with van der Waals surface area (Å²) >= 11 is 0. The maximum Gasteiger partial charge on any atom is 0.0153 e. The Morgan fingerprint density at radius 1 is 1.00 bits per heavy atom. The molecule has 20 heavy (non-hydrogen) atoms. The number of nitrogens with one attached hydrogen (secondary N) is 2. The van der Waals surface area contributed by atoms with E-state index in [1.165, 1.54) is 44.1 Å². The predicted molar refractivity (Wildman–Crippen MR) is 85.1 cm³/mol. The zero-order valence-corrected chi connectivity index (χ0v) is 12.8. The third-order valence-electron chi connectivity index (χ3n) is 5.51. The summed E-state index contributed by atoms with van der Waals surface area (Å²) in [5.74, 6) is 0. The number of hydrogen-bond acceptors (Lipinski definition) is 2. The van der Waals surface area contributed by atoms with E-state index in [4.69, 9.17) is 0 Å². The van der Waals surface area contributed by atoms with Crippen molar-refractivity contribution in [2.75, 3.05) is 19.6 Å². The Balaban J connectivity index is 1.76. The van der Waals surface area contributed by atoms with Crippen molar-refractivity contribution in [3.8, 4) is 0 Å². The molecule has 0 amide bonds. The molecule has 0 spiro atoms. The fraction of sp³-hybridized carbons (Fsp3) is 0.667. The lowest BCUT2D eigenvalue weighted by Crippen LogP contribution is -2.51. The first-order chi connectivity index (χ1) is 9.73. The number of piperidine rings is 1. The van der Waals surface area contributed by atoms with Gasteiger partial charge in [0.25, 0.3) is 0 Å². The van der Waals surface area contributed by atoms with Gasteiger partial charge < -0.3 is 10.6 Å². The van der Waals surface area contributed by atoms with E-state index in [-0.39, 0.29) is 0 Å². The summed E-state index contributed by atoms with van der Waals surface area (Å²) in [7, 11) is 0. The van der Waals surface area contributed by atoms with Gasteiger partial charge in [-0.05, 0) is 51.3 Å². The molecular formula is C18H28N2. The molecule has 0 unspecified atom stereocenters. The van der Waals surface area contributed by atoms with Crippen LogP contribution < -0.4 is 10.6 Å². The first-order valence-corrected chi connectivity index (χ1v) is 8.24. The van der Waals surface area contributed by atoms with Gasteiger partial charge in [-0.3, -0.25) is 0 Å². The zero-order valence-electron chi connectivity index (χ0n) is 12.8. The Morgan fingerprint density at radius 2 is 1.65 bits per heavy atom. The molecule has 0 radical (unpaired) electrons. The van der Waals surface area contributed by atoms with Crippen LogP contribution in [0.1, 0.15) is 51.0 Å². The molecule has 2 aliphatic rings. The Labute approximate surface area is 123 Å². The molecule has 2 nitrogen and oxygen atoms in total. The normalized spacial score (nSPS) is 24.6. The monoisotopic (exact) mass is 272 g/mol. The highest BCUT2D eigenvalue weighted by Crippen LogP contribution is 2.35. The predicted octanol–water partition coefficient (Wildman–Crippen LogP) is 3.23. The third kappa shape index (κ3) is 2.91. The van der Waals surface area contributed by atoms with Crippen molar-refractivity contribution in [3.63, 3.8) is 0 Å². The van der Waals surface area contributed by atoms with E-state index < -0.39 is 0 Å². The van der Waals surface area contributed by atoms with Crippen molar-refractivity contribution in [3.05, 3.63) is 35.9 Å². The topological polar surface area (TPSA) is 24.1 Å². The van der Waals surface area contributed by atoms with Crippen molar-refractivity contribution < 1.29 is 0 Å². The van der Waals surface area contributed by atoms with Crippen LogP contribution in [-0.2, 0) is 5.41 Å². The number of hydrogen-bond donors (Lipinski definition) is 2. The molecule has 1 heterocycles. The molecule has 0 bridgehead atoms. The molecule has 110 valence electrons. The van der Waals surface area contributed by atoms with E-state index in [0.717, 1.165) is 19.6 Å². The Bertz CT molecular complexity index is 414. The van der Waals surface area contributed by atoms with Gasteiger partial charge in [-0.2, -0.15) is 0 Å². The van der Waals surface area contributed by atoms with Crippen LogP contribution in [0.4, 0.5) is 0 Å². The minimum Gasteiger partial charge on any atom is -0.317 e. The molecule has 2 N–H and O–H groups in total. The molecule has 1 saturated heterocycles. The second-order valence-electron chi connectivity index (χ2n) is 7.02. The summed E-state index contributed by atoms with van der Waals surface area (Å²) in [5, 5.41) is 7.46. The SMILES string of the molecule is CC1(NCC2(c3ccccc3)CCNCC2)CCCC1. The van der Waals surface area contributed by atoms with Crippen LogP contribution in [0, 0.1) is 0 Å². The molecule has 2 fully saturated rings. The summed E-state index contributed by atoms with van der Waals surface area (Å²) in [5.41, 5.74) is 2.24. The van der Waals surface area contributed by atoms with Crippen LogP contribution in [0.25, 0.3) is 0 Å². The van der Waals surface area contributed by atoms with Crippen LogP contribution in [0.2, 0.25) is 0 Å². The molecule has 3 rings (SSSR count). The average Bonchev–Trinajstić information content (AvgIpc) is 2.95. The second kappa shape index (κ2) is 5.87. The highest BCUT2D eigenvalue weighted by Gasteiger charge is 2.37. The standard InChI is InChI=1S/C18H28N2/c1-17(9-5-6-10-17)20-15-18(11-13-19-14-12-18)16-7-3-2-4-8-16/h2-4,7-8,19-20H,5-6,9-15H2,1H3. The first kappa shape index (κ1) is 14.1. The molecule has 0 atom stereocenters. The summed E-state index contributed by atoms with van der Waals surface area (Å²) in [4.78, 5) is 0. The average molecular weight is 272 g/mol. The van der Waals surface area contributed by atoms with Crippen LogP contribution in [-0.4, -0.2) is 25.2 Å². The van der Waals surface area contributed by atoms with E-state index in [0.29, 0.717) is 11.0 Å². The van der Waals surface area contributed by atoms with Crippen molar-refractivity contribution in [1.82, 2.24) is 10.6 Å². The number of benzene rings is 1. The van der Waals surface area contributed by atoms with Crippen molar-refractivity contribution in [2.24, 2.45) is 0 Å². The maximum atomic E-state index is 3.94. The Kier molecular flexibility index (Phi) is 4.13. The minimum absolute atomic E-state index is 0.331. The van der Waals surface area contributed by atoms with Gasteiger partial charge in [-0.25, -0.2) is 0 Å². The largest absolute Gasteiger partial charge is 0.317 e. The first-order valence-electron chi connectivity index (χ1n) is 8.24.